The molecule has 2 N–H and O–H groups in total. The maximum Gasteiger partial charge on any atom is 0.407 e. The molecule has 0 bridgehead atoms. The number of hydrogen-bond donors (Lipinski definition) is 2. The van der Waals surface area contributed by atoms with E-state index in [1.165, 1.54) is 11.3 Å². The molecule has 0 saturated heterocycles. The highest BCUT2D eigenvalue weighted by atomic mass is 32.2. The topological polar surface area (TPSA) is 107 Å². The lowest BCUT2D eigenvalue weighted by molar-refractivity contribution is 0.109. The molecule has 1 fully saturated rings. The lowest BCUT2D eigenvalue weighted by Gasteiger charge is -2.28. The molecule has 1 aliphatic carbocycles. The Kier molecular flexibility index (Phi) is 10.2. The minimum absolute atomic E-state index is 0.104. The Hall–Kier alpha value is -2.17. The maximum atomic E-state index is 13.0. The van der Waals surface area contributed by atoms with E-state index in [9.17, 15) is 13.2 Å². The Morgan fingerprint density at radius 2 is 1.89 bits per heavy atom. The molecule has 2 aromatic rings. The minimum Gasteiger partial charge on any atom is -0.494 e. The predicted octanol–water partition coefficient (Wildman–Crippen LogP) is 5.69. The van der Waals surface area contributed by atoms with Crippen LogP contribution in [0, 0.1) is 5.92 Å². The normalized spacial score (nSPS) is 18.4. The highest BCUT2D eigenvalue weighted by Crippen LogP contribution is 2.40. The van der Waals surface area contributed by atoms with E-state index in [4.69, 9.17) is 9.47 Å². The molecular weight excluding hydrogens is 498 g/mol. The summed E-state index contributed by atoms with van der Waals surface area (Å²) >= 11 is 1.54. The highest BCUT2D eigenvalue weighted by molar-refractivity contribution is 7.89. The van der Waals surface area contributed by atoms with Gasteiger partial charge in [-0.3, -0.25) is 0 Å². The van der Waals surface area contributed by atoms with Gasteiger partial charge in [-0.15, -0.1) is 11.3 Å². The first-order valence-corrected chi connectivity index (χ1v) is 15.1. The predicted molar refractivity (Wildman–Crippen MR) is 143 cm³/mol. The van der Waals surface area contributed by atoms with E-state index in [0.29, 0.717) is 30.4 Å². The van der Waals surface area contributed by atoms with Crippen LogP contribution in [-0.4, -0.2) is 44.8 Å². The molecule has 8 nitrogen and oxygen atoms in total. The zero-order valence-corrected chi connectivity index (χ0v) is 23.5. The van der Waals surface area contributed by atoms with Crippen molar-refractivity contribution in [1.29, 1.82) is 0 Å². The Morgan fingerprint density at radius 3 is 2.53 bits per heavy atom. The van der Waals surface area contributed by atoms with Crippen molar-refractivity contribution < 1.29 is 22.7 Å². The number of carbonyl (C=O) groups excluding carboxylic acids is 1. The molecule has 0 radical (unpaired) electrons. The fourth-order valence-corrected chi connectivity index (χ4v) is 6.66. The summed E-state index contributed by atoms with van der Waals surface area (Å²) in [6, 6.07) is 5.35. The molecule has 0 atom stereocenters. The number of hydrogen-bond acceptors (Lipinski definition) is 7. The number of aromatic nitrogens is 1. The average molecular weight is 538 g/mol. The van der Waals surface area contributed by atoms with Crippen molar-refractivity contribution in [2.75, 3.05) is 13.2 Å². The van der Waals surface area contributed by atoms with Crippen LogP contribution in [0.2, 0.25) is 0 Å². The fourth-order valence-electron chi connectivity index (χ4n) is 4.20. The monoisotopic (exact) mass is 537 g/mol. The van der Waals surface area contributed by atoms with Crippen LogP contribution in [0.15, 0.2) is 29.3 Å². The van der Waals surface area contributed by atoms with Crippen LogP contribution >= 0.6 is 11.3 Å². The van der Waals surface area contributed by atoms with Crippen molar-refractivity contribution in [3.05, 3.63) is 29.4 Å². The van der Waals surface area contributed by atoms with Gasteiger partial charge < -0.3 is 14.8 Å². The summed E-state index contributed by atoms with van der Waals surface area (Å²) in [4.78, 5) is 17.6. The van der Waals surface area contributed by atoms with Gasteiger partial charge in [-0.25, -0.2) is 22.9 Å². The van der Waals surface area contributed by atoms with Crippen LogP contribution in [0.3, 0.4) is 0 Å². The average Bonchev–Trinajstić information content (AvgIpc) is 3.29. The third kappa shape index (κ3) is 7.91. The number of sulfonamides is 1. The fraction of sp³-hybridized carbons (Fsp3) is 0.615. The van der Waals surface area contributed by atoms with E-state index >= 15 is 0 Å². The van der Waals surface area contributed by atoms with Gasteiger partial charge in [0.15, 0.2) is 0 Å². The second-order valence-electron chi connectivity index (χ2n) is 9.90. The standard InChI is InChI=1S/C26H39N3O5S2/c1-6-28-36(31,32)24-15-21(33-14-13-17(2)3)11-12-22(24)23-16-27-25(35-23)19-7-9-20(10-8-19)29-26(30)34-18(4)5/h11-12,15-20,28H,6-10,13-14H2,1-5H3,(H,29,30)/t19-,20-. The van der Waals surface area contributed by atoms with Gasteiger partial charge in [-0.05, 0) is 64.0 Å². The lowest BCUT2D eigenvalue weighted by Crippen LogP contribution is -2.38. The van der Waals surface area contributed by atoms with Crippen molar-refractivity contribution in [2.45, 2.75) is 89.7 Å². The van der Waals surface area contributed by atoms with Gasteiger partial charge in [-0.2, -0.15) is 0 Å². The van der Waals surface area contributed by atoms with Gasteiger partial charge in [-0.1, -0.05) is 20.8 Å². The summed E-state index contributed by atoms with van der Waals surface area (Å²) in [5.41, 5.74) is 0.627. The number of amides is 1. The largest absolute Gasteiger partial charge is 0.494 e. The van der Waals surface area contributed by atoms with Gasteiger partial charge in [0.05, 0.1) is 27.5 Å². The first-order valence-electron chi connectivity index (χ1n) is 12.8. The Labute approximate surface area is 219 Å². The molecule has 0 aliphatic heterocycles. The first kappa shape index (κ1) is 28.4. The van der Waals surface area contributed by atoms with Crippen LogP contribution in [-0.2, 0) is 14.8 Å². The molecular formula is C26H39N3O5S2. The molecule has 1 aliphatic rings. The van der Waals surface area contributed by atoms with E-state index in [1.54, 1.807) is 19.2 Å². The third-order valence-corrected chi connectivity index (χ3v) is 8.85. The molecule has 1 heterocycles. The van der Waals surface area contributed by atoms with Gasteiger partial charge in [0.25, 0.3) is 0 Å². The van der Waals surface area contributed by atoms with Crippen LogP contribution in [0.1, 0.15) is 77.6 Å². The van der Waals surface area contributed by atoms with Gasteiger partial charge in [0.1, 0.15) is 5.75 Å². The molecule has 1 amide bonds. The smallest absolute Gasteiger partial charge is 0.407 e. The summed E-state index contributed by atoms with van der Waals surface area (Å²) in [6.07, 6.45) is 5.68. The summed E-state index contributed by atoms with van der Waals surface area (Å²) < 4.78 is 39.7. The van der Waals surface area contributed by atoms with Crippen molar-refractivity contribution in [2.24, 2.45) is 5.92 Å². The highest BCUT2D eigenvalue weighted by Gasteiger charge is 2.27. The Balaban J connectivity index is 1.74. The summed E-state index contributed by atoms with van der Waals surface area (Å²) in [6.45, 7) is 10.5. The molecule has 36 heavy (non-hydrogen) atoms. The zero-order chi connectivity index (χ0) is 26.3. The molecule has 10 heteroatoms. The van der Waals surface area contributed by atoms with Gasteiger partial charge >= 0.3 is 6.09 Å². The maximum absolute atomic E-state index is 13.0. The molecule has 200 valence electrons. The second-order valence-corrected chi connectivity index (χ2v) is 12.7. The number of carbonyl (C=O) groups is 1. The third-order valence-electron chi connectivity index (χ3n) is 6.07. The van der Waals surface area contributed by atoms with E-state index in [-0.39, 0.29) is 29.1 Å². The minimum atomic E-state index is -3.70. The number of nitrogens with one attached hydrogen (secondary N) is 2. The Bertz CT molecular complexity index is 1110. The van der Waals surface area contributed by atoms with Crippen LogP contribution in [0.4, 0.5) is 4.79 Å². The molecule has 1 aromatic carbocycles. The van der Waals surface area contributed by atoms with E-state index < -0.39 is 10.0 Å². The number of ether oxygens (including phenoxy) is 2. The SMILES string of the molecule is CCNS(=O)(=O)c1cc(OCCC(C)C)ccc1-c1cnc([C@H]2CC[C@H](NC(=O)OC(C)C)CC2)s1. The number of rotatable bonds is 11. The summed E-state index contributed by atoms with van der Waals surface area (Å²) in [5.74, 6) is 1.34. The second kappa shape index (κ2) is 12.9. The van der Waals surface area contributed by atoms with Crippen LogP contribution in [0.5, 0.6) is 5.75 Å². The number of nitrogens with zero attached hydrogens (tertiary/aromatic N) is 1. The van der Waals surface area contributed by atoms with E-state index in [2.05, 4.69) is 28.9 Å². The molecule has 0 spiro atoms. The number of thiazole rings is 1. The van der Waals surface area contributed by atoms with Crippen molar-refractivity contribution in [1.82, 2.24) is 15.0 Å². The summed E-state index contributed by atoms with van der Waals surface area (Å²) in [7, 11) is -3.70. The zero-order valence-electron chi connectivity index (χ0n) is 21.9. The first-order chi connectivity index (χ1) is 17.1. The Morgan fingerprint density at radius 1 is 1.17 bits per heavy atom. The molecule has 0 unspecified atom stereocenters. The van der Waals surface area contributed by atoms with Crippen molar-refractivity contribution in [3.63, 3.8) is 0 Å². The van der Waals surface area contributed by atoms with Gasteiger partial charge in [0, 0.05) is 36.3 Å². The van der Waals surface area contributed by atoms with Crippen LogP contribution in [0.25, 0.3) is 10.4 Å². The quantitative estimate of drug-likeness (QED) is 0.381. The van der Waals surface area contributed by atoms with E-state index in [0.717, 1.165) is 42.0 Å². The molecule has 1 saturated carbocycles. The summed E-state index contributed by atoms with van der Waals surface area (Å²) in [5, 5.41) is 3.95. The van der Waals surface area contributed by atoms with E-state index in [1.807, 2.05) is 26.0 Å². The molecule has 3 rings (SSSR count). The molecule has 1 aromatic heterocycles. The lowest BCUT2D eigenvalue weighted by atomic mass is 9.86. The number of benzene rings is 1. The number of alkyl carbamates (subject to hydrolysis) is 1. The van der Waals surface area contributed by atoms with Gasteiger partial charge in [0.2, 0.25) is 10.0 Å². The van der Waals surface area contributed by atoms with Crippen molar-refractivity contribution >= 4 is 27.5 Å². The van der Waals surface area contributed by atoms with Crippen LogP contribution < -0.4 is 14.8 Å². The van der Waals surface area contributed by atoms with Crippen molar-refractivity contribution in [3.8, 4) is 16.2 Å².